The molecule has 112 valence electrons. The van der Waals surface area contributed by atoms with Crippen molar-refractivity contribution >= 4 is 18.0 Å². The summed E-state index contributed by atoms with van der Waals surface area (Å²) in [5.74, 6) is -0.0408. The van der Waals surface area contributed by atoms with E-state index in [-0.39, 0.29) is 17.9 Å². The van der Waals surface area contributed by atoms with Crippen LogP contribution < -0.4 is 0 Å². The Kier molecular flexibility index (Phi) is 5.26. The van der Waals surface area contributed by atoms with Crippen molar-refractivity contribution in [2.75, 3.05) is 0 Å². The molecule has 0 aromatic heterocycles. The quantitative estimate of drug-likeness (QED) is 0.802. The molecule has 4 heteroatoms. The zero-order chi connectivity index (χ0) is 15.2. The highest BCUT2D eigenvalue weighted by atomic mass is 16.2. The lowest BCUT2D eigenvalue weighted by atomic mass is 9.99. The molecule has 1 aromatic carbocycles. The molecule has 1 atom stereocenters. The van der Waals surface area contributed by atoms with Crippen molar-refractivity contribution in [3.8, 4) is 0 Å². The monoisotopic (exact) mass is 286 g/mol. The number of carbonyl (C=O) groups excluding carboxylic acids is 2. The fourth-order valence-electron chi connectivity index (χ4n) is 2.46. The fourth-order valence-corrected chi connectivity index (χ4v) is 2.46. The van der Waals surface area contributed by atoms with Gasteiger partial charge in [-0.2, -0.15) is 0 Å². The second-order valence-electron chi connectivity index (χ2n) is 5.79. The van der Waals surface area contributed by atoms with Gasteiger partial charge in [0.25, 0.3) is 5.91 Å². The van der Waals surface area contributed by atoms with Crippen LogP contribution in [0.1, 0.15) is 38.7 Å². The van der Waals surface area contributed by atoms with E-state index in [0.717, 1.165) is 18.4 Å². The van der Waals surface area contributed by atoms with Crippen LogP contribution in [0.15, 0.2) is 35.3 Å². The van der Waals surface area contributed by atoms with Crippen LogP contribution in [-0.4, -0.2) is 29.0 Å². The largest absolute Gasteiger partial charge is 0.284 e. The van der Waals surface area contributed by atoms with Crippen molar-refractivity contribution in [2.45, 2.75) is 45.7 Å². The van der Waals surface area contributed by atoms with Crippen LogP contribution in [0.25, 0.3) is 0 Å². The number of hydrogen-bond acceptors (Lipinski definition) is 3. The highest BCUT2D eigenvalue weighted by Crippen LogP contribution is 2.17. The summed E-state index contributed by atoms with van der Waals surface area (Å²) in [5.41, 5.74) is 0.951. The predicted octanol–water partition coefficient (Wildman–Crippen LogP) is 2.82. The standard InChI is InChI=1S/C17H22N2O2/c1-13(2)15-9-6-10-16(20)19(17(21)11-18-15)12-14-7-4-3-5-8-14/h3-5,7-8,11,13,15H,6,9-10,12H2,1-2H3/t15-/m0/s1. The minimum absolute atomic E-state index is 0.111. The van der Waals surface area contributed by atoms with Gasteiger partial charge in [0.15, 0.2) is 0 Å². The Balaban J connectivity index is 2.16. The molecule has 2 amide bonds. The van der Waals surface area contributed by atoms with E-state index >= 15 is 0 Å². The molecular weight excluding hydrogens is 264 g/mol. The van der Waals surface area contributed by atoms with E-state index in [1.807, 2.05) is 30.3 Å². The predicted molar refractivity (Wildman–Crippen MR) is 83.0 cm³/mol. The van der Waals surface area contributed by atoms with Crippen LogP contribution in [0.5, 0.6) is 0 Å². The lowest BCUT2D eigenvalue weighted by Gasteiger charge is -2.18. The summed E-state index contributed by atoms with van der Waals surface area (Å²) in [7, 11) is 0. The smallest absolute Gasteiger partial charge is 0.271 e. The zero-order valence-corrected chi connectivity index (χ0v) is 12.7. The molecule has 0 aliphatic carbocycles. The summed E-state index contributed by atoms with van der Waals surface area (Å²) in [6, 6.07) is 9.69. The molecule has 0 saturated heterocycles. The Hall–Kier alpha value is -1.97. The second kappa shape index (κ2) is 7.16. The number of amides is 2. The van der Waals surface area contributed by atoms with E-state index < -0.39 is 0 Å². The maximum absolute atomic E-state index is 12.3. The second-order valence-corrected chi connectivity index (χ2v) is 5.79. The van der Waals surface area contributed by atoms with Gasteiger partial charge in [-0.05, 0) is 24.3 Å². The molecule has 1 aromatic rings. The van der Waals surface area contributed by atoms with Gasteiger partial charge in [-0.15, -0.1) is 0 Å². The highest BCUT2D eigenvalue weighted by molar-refractivity contribution is 6.29. The van der Waals surface area contributed by atoms with E-state index in [1.54, 1.807) is 0 Å². The van der Waals surface area contributed by atoms with Crippen LogP contribution in [0.4, 0.5) is 0 Å². The molecule has 0 bridgehead atoms. The maximum Gasteiger partial charge on any atom is 0.271 e. The average molecular weight is 286 g/mol. The lowest BCUT2D eigenvalue weighted by molar-refractivity contribution is -0.141. The SMILES string of the molecule is CC(C)[C@@H]1CCCC(=O)N(Cc2ccccc2)C(=O)C=N1. The van der Waals surface area contributed by atoms with Gasteiger partial charge in [-0.25, -0.2) is 0 Å². The van der Waals surface area contributed by atoms with E-state index in [4.69, 9.17) is 0 Å². The van der Waals surface area contributed by atoms with Crippen molar-refractivity contribution < 1.29 is 9.59 Å². The normalized spacial score (nSPS) is 20.3. The first-order chi connectivity index (χ1) is 10.1. The summed E-state index contributed by atoms with van der Waals surface area (Å²) in [4.78, 5) is 30.2. The van der Waals surface area contributed by atoms with Crippen molar-refractivity contribution in [3.63, 3.8) is 0 Å². The lowest BCUT2D eigenvalue weighted by Crippen LogP contribution is -2.36. The van der Waals surface area contributed by atoms with E-state index in [1.165, 1.54) is 11.1 Å². The highest BCUT2D eigenvalue weighted by Gasteiger charge is 2.23. The van der Waals surface area contributed by atoms with Crippen LogP contribution >= 0.6 is 0 Å². The van der Waals surface area contributed by atoms with Crippen molar-refractivity contribution in [1.82, 2.24) is 4.90 Å². The summed E-state index contributed by atoms with van der Waals surface area (Å²) in [5, 5.41) is 0. The molecular formula is C17H22N2O2. The Morgan fingerprint density at radius 2 is 1.95 bits per heavy atom. The molecule has 0 spiro atoms. The summed E-state index contributed by atoms with van der Waals surface area (Å²) < 4.78 is 0. The first kappa shape index (κ1) is 15.4. The van der Waals surface area contributed by atoms with Gasteiger partial charge in [-0.3, -0.25) is 19.5 Å². The van der Waals surface area contributed by atoms with Crippen LogP contribution in [0.3, 0.4) is 0 Å². The number of aliphatic imine (C=N–C) groups is 1. The Morgan fingerprint density at radius 1 is 1.24 bits per heavy atom. The Labute approximate surface area is 125 Å². The number of hydrogen-bond donors (Lipinski definition) is 0. The van der Waals surface area contributed by atoms with E-state index in [2.05, 4.69) is 18.8 Å². The van der Waals surface area contributed by atoms with Crippen LogP contribution in [-0.2, 0) is 16.1 Å². The van der Waals surface area contributed by atoms with Crippen molar-refractivity contribution in [1.29, 1.82) is 0 Å². The fraction of sp³-hybridized carbons (Fsp3) is 0.471. The zero-order valence-electron chi connectivity index (χ0n) is 12.7. The molecule has 0 fully saturated rings. The minimum Gasteiger partial charge on any atom is -0.284 e. The Bertz CT molecular complexity index is 523. The summed E-state index contributed by atoms with van der Waals surface area (Å²) in [6.07, 6.45) is 3.37. The Morgan fingerprint density at radius 3 is 2.62 bits per heavy atom. The summed E-state index contributed by atoms with van der Waals surface area (Å²) >= 11 is 0. The van der Waals surface area contributed by atoms with Gasteiger partial charge in [-0.1, -0.05) is 44.2 Å². The number of nitrogens with zero attached hydrogens (tertiary/aromatic N) is 2. The van der Waals surface area contributed by atoms with Gasteiger partial charge in [0, 0.05) is 6.42 Å². The molecule has 1 heterocycles. The average Bonchev–Trinajstić information content (AvgIpc) is 2.53. The topological polar surface area (TPSA) is 49.7 Å². The third-order valence-corrected chi connectivity index (χ3v) is 3.79. The third-order valence-electron chi connectivity index (χ3n) is 3.79. The molecule has 1 aliphatic rings. The van der Waals surface area contributed by atoms with Crippen LogP contribution in [0.2, 0.25) is 0 Å². The number of imide groups is 1. The van der Waals surface area contributed by atoms with E-state index in [9.17, 15) is 9.59 Å². The van der Waals surface area contributed by atoms with Crippen molar-refractivity contribution in [3.05, 3.63) is 35.9 Å². The first-order valence-corrected chi connectivity index (χ1v) is 7.49. The molecule has 0 unspecified atom stereocenters. The third kappa shape index (κ3) is 4.25. The summed E-state index contributed by atoms with van der Waals surface area (Å²) in [6.45, 7) is 4.50. The van der Waals surface area contributed by atoms with E-state index in [0.29, 0.717) is 18.9 Å². The molecule has 1 aliphatic heterocycles. The molecule has 0 N–H and O–H groups in total. The van der Waals surface area contributed by atoms with Crippen LogP contribution in [0, 0.1) is 5.92 Å². The van der Waals surface area contributed by atoms with Gasteiger partial charge in [0.1, 0.15) is 0 Å². The van der Waals surface area contributed by atoms with Gasteiger partial charge < -0.3 is 0 Å². The maximum atomic E-state index is 12.3. The molecule has 21 heavy (non-hydrogen) atoms. The molecule has 0 saturated carbocycles. The van der Waals surface area contributed by atoms with Crippen molar-refractivity contribution in [2.24, 2.45) is 10.9 Å². The molecule has 4 nitrogen and oxygen atoms in total. The first-order valence-electron chi connectivity index (χ1n) is 7.49. The van der Waals surface area contributed by atoms with Gasteiger partial charge in [0.05, 0.1) is 18.8 Å². The number of carbonyl (C=O) groups is 2. The minimum atomic E-state index is -0.309. The molecule has 2 rings (SSSR count). The number of rotatable bonds is 3. The van der Waals surface area contributed by atoms with Gasteiger partial charge >= 0.3 is 0 Å². The molecule has 0 radical (unpaired) electrons. The van der Waals surface area contributed by atoms with Gasteiger partial charge in [0.2, 0.25) is 5.91 Å². The number of benzene rings is 1.